The quantitative estimate of drug-likeness (QED) is 0.746. The number of nitrogens with zero attached hydrogens (tertiary/aromatic N) is 1. The van der Waals surface area contributed by atoms with Crippen molar-refractivity contribution in [3.05, 3.63) is 23.8 Å². The Hall–Kier alpha value is -2.24. The Bertz CT molecular complexity index is 466. The predicted octanol–water partition coefficient (Wildman–Crippen LogP) is 1.28. The molecule has 104 valence electrons. The van der Waals surface area contributed by atoms with Crippen molar-refractivity contribution in [3.8, 4) is 11.5 Å². The zero-order valence-electron chi connectivity index (χ0n) is 10.8. The second-order valence-electron chi connectivity index (χ2n) is 4.25. The first-order valence-corrected chi connectivity index (χ1v) is 5.91. The lowest BCUT2D eigenvalue weighted by atomic mass is 10.1. The number of hydrogen-bond acceptors (Lipinski definition) is 4. The van der Waals surface area contributed by atoms with Crippen molar-refractivity contribution < 1.29 is 24.9 Å². The lowest BCUT2D eigenvalue weighted by Crippen LogP contribution is -2.36. The summed E-state index contributed by atoms with van der Waals surface area (Å²) in [6.45, 7) is 3.48. The van der Waals surface area contributed by atoms with E-state index in [-0.39, 0.29) is 30.2 Å². The first-order valence-electron chi connectivity index (χ1n) is 5.91. The first-order chi connectivity index (χ1) is 8.88. The molecule has 0 bridgehead atoms. The van der Waals surface area contributed by atoms with Gasteiger partial charge in [0.25, 0.3) is 5.91 Å². The normalized spacial score (nSPS) is 11.9. The Balaban J connectivity index is 2.99. The molecule has 0 saturated heterocycles. The van der Waals surface area contributed by atoms with Gasteiger partial charge >= 0.3 is 5.97 Å². The molecule has 0 aliphatic rings. The number of aromatic hydroxyl groups is 2. The molecule has 19 heavy (non-hydrogen) atoms. The van der Waals surface area contributed by atoms with E-state index in [9.17, 15) is 19.8 Å². The van der Waals surface area contributed by atoms with E-state index in [1.807, 2.05) is 0 Å². The van der Waals surface area contributed by atoms with E-state index in [1.165, 1.54) is 30.0 Å². The summed E-state index contributed by atoms with van der Waals surface area (Å²) >= 11 is 0. The van der Waals surface area contributed by atoms with E-state index < -0.39 is 17.8 Å². The highest BCUT2D eigenvalue weighted by atomic mass is 16.4. The monoisotopic (exact) mass is 267 g/mol. The molecule has 1 aromatic rings. The molecule has 0 spiro atoms. The van der Waals surface area contributed by atoms with Gasteiger partial charge in [-0.25, -0.2) is 0 Å². The zero-order valence-corrected chi connectivity index (χ0v) is 10.8. The summed E-state index contributed by atoms with van der Waals surface area (Å²) in [6.07, 6.45) is 0. The number of hydrogen-bond donors (Lipinski definition) is 3. The van der Waals surface area contributed by atoms with E-state index in [2.05, 4.69) is 0 Å². The van der Waals surface area contributed by atoms with E-state index in [4.69, 9.17) is 5.11 Å². The lowest BCUT2D eigenvalue weighted by molar-refractivity contribution is -0.141. The third kappa shape index (κ3) is 3.37. The molecular formula is C13H17NO5. The van der Waals surface area contributed by atoms with Gasteiger partial charge in [-0.2, -0.15) is 0 Å². The minimum Gasteiger partial charge on any atom is -0.507 e. The Kier molecular flexibility index (Phi) is 4.74. The van der Waals surface area contributed by atoms with Gasteiger partial charge in [0.05, 0.1) is 5.92 Å². The predicted molar refractivity (Wildman–Crippen MR) is 68.1 cm³/mol. The number of rotatable bonds is 5. The minimum atomic E-state index is -1.01. The second kappa shape index (κ2) is 6.08. The SMILES string of the molecule is CCN(CC(C)C(=O)O)C(=O)c1c(O)cccc1O. The summed E-state index contributed by atoms with van der Waals surface area (Å²) in [5.41, 5.74) is -0.207. The molecule has 0 aliphatic heterocycles. The van der Waals surface area contributed by atoms with Gasteiger partial charge in [0.15, 0.2) is 0 Å². The Labute approximate surface area is 110 Å². The summed E-state index contributed by atoms with van der Waals surface area (Å²) in [7, 11) is 0. The molecule has 0 aromatic heterocycles. The topological polar surface area (TPSA) is 98.1 Å². The van der Waals surface area contributed by atoms with Crippen molar-refractivity contribution >= 4 is 11.9 Å². The number of aliphatic carboxylic acids is 1. The van der Waals surface area contributed by atoms with Crippen LogP contribution in [0.5, 0.6) is 11.5 Å². The molecule has 3 N–H and O–H groups in total. The number of phenolic OH excluding ortho intramolecular Hbond substituents is 2. The summed E-state index contributed by atoms with van der Waals surface area (Å²) in [4.78, 5) is 24.3. The first kappa shape index (κ1) is 14.8. The van der Waals surface area contributed by atoms with E-state index in [1.54, 1.807) is 6.92 Å². The number of benzene rings is 1. The van der Waals surface area contributed by atoms with Crippen molar-refractivity contribution in [2.24, 2.45) is 5.92 Å². The van der Waals surface area contributed by atoms with Crippen LogP contribution in [0.15, 0.2) is 18.2 Å². The number of amides is 1. The fraction of sp³-hybridized carbons (Fsp3) is 0.385. The number of carbonyl (C=O) groups is 2. The number of carboxylic acid groups (broad SMARTS) is 1. The molecule has 0 aliphatic carbocycles. The highest BCUT2D eigenvalue weighted by Gasteiger charge is 2.24. The molecule has 1 unspecified atom stereocenters. The van der Waals surface area contributed by atoms with Crippen LogP contribution in [-0.2, 0) is 4.79 Å². The van der Waals surface area contributed by atoms with Crippen molar-refractivity contribution in [1.29, 1.82) is 0 Å². The Morgan fingerprint density at radius 2 is 1.79 bits per heavy atom. The Morgan fingerprint density at radius 3 is 2.21 bits per heavy atom. The van der Waals surface area contributed by atoms with Gasteiger partial charge in [-0.15, -0.1) is 0 Å². The third-order valence-corrected chi connectivity index (χ3v) is 2.82. The smallest absolute Gasteiger partial charge is 0.308 e. The van der Waals surface area contributed by atoms with Crippen molar-refractivity contribution in [2.45, 2.75) is 13.8 Å². The maximum absolute atomic E-state index is 12.2. The molecule has 6 heteroatoms. The number of carboxylic acids is 1. The van der Waals surface area contributed by atoms with Crippen LogP contribution in [0.3, 0.4) is 0 Å². The number of phenols is 2. The van der Waals surface area contributed by atoms with Crippen molar-refractivity contribution in [3.63, 3.8) is 0 Å². The van der Waals surface area contributed by atoms with Crippen LogP contribution >= 0.6 is 0 Å². The molecule has 0 saturated carbocycles. The van der Waals surface area contributed by atoms with Gasteiger partial charge in [-0.05, 0) is 19.1 Å². The summed E-state index contributed by atoms with van der Waals surface area (Å²) in [5.74, 6) is -2.98. The summed E-state index contributed by atoms with van der Waals surface area (Å²) < 4.78 is 0. The molecule has 1 atom stereocenters. The van der Waals surface area contributed by atoms with Crippen LogP contribution in [0, 0.1) is 5.92 Å². The zero-order chi connectivity index (χ0) is 14.6. The van der Waals surface area contributed by atoms with Crippen LogP contribution in [0.25, 0.3) is 0 Å². The van der Waals surface area contributed by atoms with Crippen LogP contribution in [-0.4, -0.2) is 45.2 Å². The summed E-state index contributed by atoms with van der Waals surface area (Å²) in [5, 5.41) is 28.1. The standard InChI is InChI=1S/C13H17NO5/c1-3-14(7-8(2)13(18)19)12(17)11-9(15)5-4-6-10(11)16/h4-6,8,15-16H,3,7H2,1-2H3,(H,18,19). The molecular weight excluding hydrogens is 250 g/mol. The van der Waals surface area contributed by atoms with Gasteiger partial charge in [0.2, 0.25) is 0 Å². The lowest BCUT2D eigenvalue weighted by Gasteiger charge is -2.23. The summed E-state index contributed by atoms with van der Waals surface area (Å²) in [6, 6.07) is 4.00. The van der Waals surface area contributed by atoms with Gasteiger partial charge in [-0.3, -0.25) is 9.59 Å². The third-order valence-electron chi connectivity index (χ3n) is 2.82. The fourth-order valence-corrected chi connectivity index (χ4v) is 1.67. The fourth-order valence-electron chi connectivity index (χ4n) is 1.67. The molecule has 0 heterocycles. The van der Waals surface area contributed by atoms with Crippen molar-refractivity contribution in [1.82, 2.24) is 4.90 Å². The highest BCUT2D eigenvalue weighted by molar-refractivity contribution is 5.99. The van der Waals surface area contributed by atoms with E-state index >= 15 is 0 Å². The molecule has 1 rings (SSSR count). The van der Waals surface area contributed by atoms with Crippen LogP contribution in [0.1, 0.15) is 24.2 Å². The molecule has 1 aromatic carbocycles. The highest BCUT2D eigenvalue weighted by Crippen LogP contribution is 2.27. The second-order valence-corrected chi connectivity index (χ2v) is 4.25. The van der Waals surface area contributed by atoms with Crippen molar-refractivity contribution in [2.75, 3.05) is 13.1 Å². The average molecular weight is 267 g/mol. The largest absolute Gasteiger partial charge is 0.507 e. The van der Waals surface area contributed by atoms with Gasteiger partial charge in [0.1, 0.15) is 17.1 Å². The van der Waals surface area contributed by atoms with Gasteiger partial charge in [0, 0.05) is 13.1 Å². The maximum atomic E-state index is 12.2. The van der Waals surface area contributed by atoms with Crippen LogP contribution < -0.4 is 0 Å². The average Bonchev–Trinajstić information content (AvgIpc) is 2.34. The van der Waals surface area contributed by atoms with E-state index in [0.29, 0.717) is 0 Å². The van der Waals surface area contributed by atoms with E-state index in [0.717, 1.165) is 0 Å². The number of carbonyl (C=O) groups excluding carboxylic acids is 1. The Morgan fingerprint density at radius 1 is 1.26 bits per heavy atom. The molecule has 0 radical (unpaired) electrons. The van der Waals surface area contributed by atoms with Gasteiger partial charge in [-0.1, -0.05) is 13.0 Å². The van der Waals surface area contributed by atoms with Gasteiger partial charge < -0.3 is 20.2 Å². The molecule has 6 nitrogen and oxygen atoms in total. The molecule has 1 amide bonds. The van der Waals surface area contributed by atoms with Crippen LogP contribution in [0.4, 0.5) is 0 Å². The maximum Gasteiger partial charge on any atom is 0.308 e. The molecule has 0 fully saturated rings. The minimum absolute atomic E-state index is 0.0123. The van der Waals surface area contributed by atoms with Crippen LogP contribution in [0.2, 0.25) is 0 Å².